The van der Waals surface area contributed by atoms with Gasteiger partial charge in [-0.05, 0) is 43.3 Å². The highest BCUT2D eigenvalue weighted by molar-refractivity contribution is 5.87. The van der Waals surface area contributed by atoms with Crippen LogP contribution in [0.15, 0.2) is 59.0 Å². The van der Waals surface area contributed by atoms with Crippen molar-refractivity contribution < 1.29 is 23.4 Å². The highest BCUT2D eigenvalue weighted by atomic mass is 16.6. The zero-order valence-corrected chi connectivity index (χ0v) is 15.8. The first kappa shape index (κ1) is 19.2. The largest absolute Gasteiger partial charge is 0.497 e. The Kier molecular flexibility index (Phi) is 6.06. The molecular weight excluding hydrogens is 360 g/mol. The number of benzene rings is 2. The van der Waals surface area contributed by atoms with E-state index in [-0.39, 0.29) is 5.89 Å². The van der Waals surface area contributed by atoms with Crippen LogP contribution in [0.5, 0.6) is 11.5 Å². The molecule has 3 rings (SSSR count). The van der Waals surface area contributed by atoms with E-state index < -0.39 is 12.1 Å². The summed E-state index contributed by atoms with van der Waals surface area (Å²) >= 11 is 0. The molecular formula is C21H20N2O5. The third-order valence-electron chi connectivity index (χ3n) is 3.94. The summed E-state index contributed by atoms with van der Waals surface area (Å²) in [5.74, 6) is 1.32. The number of nitrogens with zero attached hydrogens (tertiary/aromatic N) is 2. The molecule has 1 heterocycles. The van der Waals surface area contributed by atoms with Gasteiger partial charge in [0.1, 0.15) is 11.5 Å². The summed E-state index contributed by atoms with van der Waals surface area (Å²) in [6.45, 7) is 1.67. The van der Waals surface area contributed by atoms with Crippen LogP contribution in [0.1, 0.15) is 24.5 Å². The summed E-state index contributed by atoms with van der Waals surface area (Å²) in [6.07, 6.45) is 2.22. The second-order valence-electron chi connectivity index (χ2n) is 5.83. The summed E-state index contributed by atoms with van der Waals surface area (Å²) < 4.78 is 21.4. The number of carbonyl (C=O) groups excluding carboxylic acids is 1. The second-order valence-corrected chi connectivity index (χ2v) is 5.83. The minimum Gasteiger partial charge on any atom is -0.497 e. The fraction of sp³-hybridized carbons (Fsp3) is 0.190. The molecule has 0 radical (unpaired) electrons. The molecule has 0 aliphatic heterocycles. The van der Waals surface area contributed by atoms with Gasteiger partial charge in [-0.25, -0.2) is 4.79 Å². The Morgan fingerprint density at radius 3 is 2.57 bits per heavy atom. The molecule has 0 saturated heterocycles. The zero-order chi connectivity index (χ0) is 19.9. The van der Waals surface area contributed by atoms with Crippen molar-refractivity contribution in [1.82, 2.24) is 10.2 Å². The SMILES string of the molecule is COc1ccc(OC)c(/C=C/C(=O)O[C@@H](C)c2nnc(-c3ccccc3)o2)c1. The average Bonchev–Trinajstić information content (AvgIpc) is 3.23. The van der Waals surface area contributed by atoms with Gasteiger partial charge in [-0.1, -0.05) is 18.2 Å². The van der Waals surface area contributed by atoms with Crippen molar-refractivity contribution in [2.24, 2.45) is 0 Å². The van der Waals surface area contributed by atoms with E-state index in [4.69, 9.17) is 18.6 Å². The molecule has 28 heavy (non-hydrogen) atoms. The summed E-state index contributed by atoms with van der Waals surface area (Å²) in [4.78, 5) is 12.2. The van der Waals surface area contributed by atoms with Crippen LogP contribution in [0.3, 0.4) is 0 Å². The minimum atomic E-state index is -0.686. The van der Waals surface area contributed by atoms with Crippen molar-refractivity contribution in [3.63, 3.8) is 0 Å². The van der Waals surface area contributed by atoms with Crippen LogP contribution in [0.4, 0.5) is 0 Å². The molecule has 0 amide bonds. The quantitative estimate of drug-likeness (QED) is 0.451. The molecule has 3 aromatic rings. The van der Waals surface area contributed by atoms with Crippen LogP contribution in [-0.4, -0.2) is 30.4 Å². The third-order valence-corrected chi connectivity index (χ3v) is 3.94. The van der Waals surface area contributed by atoms with Gasteiger partial charge in [-0.2, -0.15) is 0 Å². The molecule has 0 fully saturated rings. The van der Waals surface area contributed by atoms with E-state index in [1.165, 1.54) is 6.08 Å². The highest BCUT2D eigenvalue weighted by Crippen LogP contribution is 2.26. The number of esters is 1. The molecule has 7 nitrogen and oxygen atoms in total. The molecule has 0 saturated carbocycles. The van der Waals surface area contributed by atoms with Gasteiger partial charge >= 0.3 is 5.97 Å². The zero-order valence-electron chi connectivity index (χ0n) is 15.8. The minimum absolute atomic E-state index is 0.222. The lowest BCUT2D eigenvalue weighted by atomic mass is 10.1. The van der Waals surface area contributed by atoms with Crippen molar-refractivity contribution in [1.29, 1.82) is 0 Å². The maximum Gasteiger partial charge on any atom is 0.331 e. The Bertz CT molecular complexity index is 966. The Morgan fingerprint density at radius 1 is 1.07 bits per heavy atom. The van der Waals surface area contributed by atoms with Crippen molar-refractivity contribution in [2.75, 3.05) is 14.2 Å². The van der Waals surface area contributed by atoms with Gasteiger partial charge in [-0.15, -0.1) is 10.2 Å². The first-order chi connectivity index (χ1) is 13.6. The highest BCUT2D eigenvalue weighted by Gasteiger charge is 2.18. The van der Waals surface area contributed by atoms with Gasteiger partial charge < -0.3 is 18.6 Å². The molecule has 0 aliphatic carbocycles. The fourth-order valence-electron chi connectivity index (χ4n) is 2.49. The molecule has 0 N–H and O–H groups in total. The van der Waals surface area contributed by atoms with Crippen molar-refractivity contribution in [3.05, 3.63) is 66.1 Å². The van der Waals surface area contributed by atoms with Crippen molar-refractivity contribution in [2.45, 2.75) is 13.0 Å². The molecule has 1 atom stereocenters. The van der Waals surface area contributed by atoms with Crippen LogP contribution in [0, 0.1) is 0 Å². The first-order valence-electron chi connectivity index (χ1n) is 8.60. The van der Waals surface area contributed by atoms with E-state index in [2.05, 4.69) is 10.2 Å². The summed E-state index contributed by atoms with van der Waals surface area (Å²) in [5.41, 5.74) is 1.49. The molecule has 7 heteroatoms. The van der Waals surface area contributed by atoms with Gasteiger partial charge in [-0.3, -0.25) is 0 Å². The summed E-state index contributed by atoms with van der Waals surface area (Å²) in [7, 11) is 3.12. The molecule has 144 valence electrons. The number of methoxy groups -OCH3 is 2. The Morgan fingerprint density at radius 2 is 1.86 bits per heavy atom. The molecule has 1 aromatic heterocycles. The molecule has 0 unspecified atom stereocenters. The predicted molar refractivity (Wildman–Crippen MR) is 103 cm³/mol. The van der Waals surface area contributed by atoms with Crippen molar-refractivity contribution in [3.8, 4) is 23.0 Å². The molecule has 0 bridgehead atoms. The lowest BCUT2D eigenvalue weighted by Gasteiger charge is -2.08. The predicted octanol–water partition coefficient (Wildman–Crippen LogP) is 4.07. The van der Waals surface area contributed by atoms with Gasteiger partial charge in [0.15, 0.2) is 6.10 Å². The maximum absolute atomic E-state index is 12.2. The van der Waals surface area contributed by atoms with E-state index in [9.17, 15) is 4.79 Å². The number of hydrogen-bond donors (Lipinski definition) is 0. The van der Waals surface area contributed by atoms with Gasteiger partial charge in [0, 0.05) is 17.2 Å². The Balaban J connectivity index is 1.67. The normalized spacial score (nSPS) is 12.0. The smallest absolute Gasteiger partial charge is 0.331 e. The Labute approximate surface area is 162 Å². The number of ether oxygens (including phenoxy) is 3. The topological polar surface area (TPSA) is 83.7 Å². The van der Waals surface area contributed by atoms with E-state index >= 15 is 0 Å². The van der Waals surface area contributed by atoms with E-state index in [1.54, 1.807) is 45.4 Å². The molecule has 0 aliphatic rings. The van der Waals surface area contributed by atoms with E-state index in [1.807, 2.05) is 30.3 Å². The Hall–Kier alpha value is -3.61. The summed E-state index contributed by atoms with van der Waals surface area (Å²) in [5, 5.41) is 7.95. The van der Waals surface area contributed by atoms with Crippen LogP contribution in [0.25, 0.3) is 17.5 Å². The standard InChI is InChI=1S/C21H20N2O5/c1-14(20-22-23-21(28-20)15-7-5-4-6-8-15)27-19(24)12-9-16-13-17(25-2)10-11-18(16)26-3/h4-14H,1-3H3/b12-9+/t14-/m0/s1. The third kappa shape index (κ3) is 4.56. The monoisotopic (exact) mass is 380 g/mol. The molecule has 2 aromatic carbocycles. The number of hydrogen-bond acceptors (Lipinski definition) is 7. The fourth-order valence-corrected chi connectivity index (χ4v) is 2.49. The summed E-state index contributed by atoms with van der Waals surface area (Å²) in [6, 6.07) is 14.7. The van der Waals surface area contributed by atoms with Crippen LogP contribution < -0.4 is 9.47 Å². The van der Waals surface area contributed by atoms with E-state index in [0.29, 0.717) is 23.0 Å². The van der Waals surface area contributed by atoms with E-state index in [0.717, 1.165) is 5.56 Å². The lowest BCUT2D eigenvalue weighted by Crippen LogP contribution is -2.06. The average molecular weight is 380 g/mol. The van der Waals surface area contributed by atoms with Crippen LogP contribution in [-0.2, 0) is 9.53 Å². The lowest BCUT2D eigenvalue weighted by molar-refractivity contribution is -0.143. The number of carbonyl (C=O) groups is 1. The van der Waals surface area contributed by atoms with Gasteiger partial charge in [0.25, 0.3) is 5.89 Å². The van der Waals surface area contributed by atoms with Gasteiger partial charge in [0.05, 0.1) is 14.2 Å². The molecule has 0 spiro atoms. The van der Waals surface area contributed by atoms with Gasteiger partial charge in [0.2, 0.25) is 5.89 Å². The second kappa shape index (κ2) is 8.85. The number of rotatable bonds is 7. The number of aromatic nitrogens is 2. The van der Waals surface area contributed by atoms with Crippen LogP contribution in [0.2, 0.25) is 0 Å². The first-order valence-corrected chi connectivity index (χ1v) is 8.60. The van der Waals surface area contributed by atoms with Crippen molar-refractivity contribution >= 4 is 12.0 Å². The van der Waals surface area contributed by atoms with Crippen LogP contribution >= 0.6 is 0 Å². The maximum atomic E-state index is 12.2.